The van der Waals surface area contributed by atoms with Gasteiger partial charge in [-0.05, 0) is 44.5 Å². The lowest BCUT2D eigenvalue weighted by Crippen LogP contribution is -2.51. The van der Waals surface area contributed by atoms with Crippen LogP contribution < -0.4 is 20.1 Å². The number of benzene rings is 1. The van der Waals surface area contributed by atoms with E-state index in [1.54, 1.807) is 30.8 Å². The number of piperidine rings is 1. The number of amides is 1. The molecule has 2 aromatic rings. The van der Waals surface area contributed by atoms with Crippen LogP contribution >= 0.6 is 11.3 Å². The number of hydrogen-bond acceptors (Lipinski definition) is 6. The Labute approximate surface area is 151 Å². The summed E-state index contributed by atoms with van der Waals surface area (Å²) in [6.07, 6.45) is 2.06. The Morgan fingerprint density at radius 1 is 1.44 bits per heavy atom. The van der Waals surface area contributed by atoms with E-state index in [9.17, 15) is 4.79 Å². The van der Waals surface area contributed by atoms with Gasteiger partial charge in [-0.25, -0.2) is 4.98 Å². The first-order valence-corrected chi connectivity index (χ1v) is 9.34. The first-order chi connectivity index (χ1) is 12.2. The molecule has 0 saturated carbocycles. The Balaban J connectivity index is 1.66. The molecular formula is C18H23N3O3S. The topological polar surface area (TPSA) is 72.5 Å². The van der Waals surface area contributed by atoms with Gasteiger partial charge in [0.1, 0.15) is 6.61 Å². The second-order valence-electron chi connectivity index (χ2n) is 6.10. The fraction of sp³-hybridized carbons (Fsp3) is 0.444. The minimum absolute atomic E-state index is 0.0927. The van der Waals surface area contributed by atoms with Crippen LogP contribution in [0.1, 0.15) is 35.8 Å². The molecule has 0 spiro atoms. The van der Waals surface area contributed by atoms with Crippen molar-refractivity contribution in [2.45, 2.75) is 38.5 Å². The highest BCUT2D eigenvalue weighted by Gasteiger charge is 2.23. The van der Waals surface area contributed by atoms with Crippen LogP contribution in [0.2, 0.25) is 0 Å². The van der Waals surface area contributed by atoms with Gasteiger partial charge in [-0.1, -0.05) is 0 Å². The van der Waals surface area contributed by atoms with Crippen LogP contribution in [0.3, 0.4) is 0 Å². The summed E-state index contributed by atoms with van der Waals surface area (Å²) in [5, 5.41) is 8.43. The normalized spacial score (nSPS) is 20.1. The third-order valence-corrected chi connectivity index (χ3v) is 5.00. The zero-order valence-corrected chi connectivity index (χ0v) is 15.3. The first kappa shape index (κ1) is 17.7. The molecule has 2 unspecified atom stereocenters. The van der Waals surface area contributed by atoms with Crippen LogP contribution in [0, 0.1) is 0 Å². The molecule has 2 N–H and O–H groups in total. The van der Waals surface area contributed by atoms with Gasteiger partial charge in [0.05, 0.1) is 18.3 Å². The Morgan fingerprint density at radius 3 is 3.04 bits per heavy atom. The zero-order valence-electron chi connectivity index (χ0n) is 14.5. The molecule has 2 heterocycles. The summed E-state index contributed by atoms with van der Waals surface area (Å²) in [7, 11) is 1.57. The molecule has 2 atom stereocenters. The van der Waals surface area contributed by atoms with Crippen molar-refractivity contribution in [1.82, 2.24) is 15.6 Å². The molecule has 1 aliphatic heterocycles. The van der Waals surface area contributed by atoms with E-state index in [0.717, 1.165) is 25.1 Å². The highest BCUT2D eigenvalue weighted by atomic mass is 32.1. The summed E-state index contributed by atoms with van der Waals surface area (Å²) in [6, 6.07) is 5.66. The van der Waals surface area contributed by atoms with Crippen LogP contribution in [0.25, 0.3) is 0 Å². The van der Waals surface area contributed by atoms with Crippen molar-refractivity contribution in [3.05, 3.63) is 40.3 Å². The molecule has 1 aliphatic rings. The predicted molar refractivity (Wildman–Crippen MR) is 97.4 cm³/mol. The molecule has 1 saturated heterocycles. The molecule has 6 nitrogen and oxygen atoms in total. The second-order valence-corrected chi connectivity index (χ2v) is 6.82. The van der Waals surface area contributed by atoms with Crippen molar-refractivity contribution in [3.8, 4) is 11.5 Å². The largest absolute Gasteiger partial charge is 0.493 e. The standard InChI is InChI=1S/C18H23N3O3S/c1-12-15(4-3-7-19-12)21-18(22)13-5-6-16(17(8-13)23-2)24-9-14-10-25-11-20-14/h5-6,8,10-12,15,19H,3-4,7,9H2,1-2H3,(H,21,22). The highest BCUT2D eigenvalue weighted by molar-refractivity contribution is 7.07. The average Bonchev–Trinajstić information content (AvgIpc) is 3.15. The maximum atomic E-state index is 12.5. The van der Waals surface area contributed by atoms with Crippen molar-refractivity contribution in [3.63, 3.8) is 0 Å². The van der Waals surface area contributed by atoms with Gasteiger partial charge in [0.15, 0.2) is 11.5 Å². The van der Waals surface area contributed by atoms with Gasteiger partial charge < -0.3 is 20.1 Å². The number of nitrogens with zero attached hydrogens (tertiary/aromatic N) is 1. The fourth-order valence-corrected chi connectivity index (χ4v) is 3.42. The highest BCUT2D eigenvalue weighted by Crippen LogP contribution is 2.29. The van der Waals surface area contributed by atoms with E-state index in [1.165, 1.54) is 11.3 Å². The summed E-state index contributed by atoms with van der Waals surface area (Å²) >= 11 is 1.53. The second kappa shape index (κ2) is 8.31. The molecule has 1 amide bonds. The van der Waals surface area contributed by atoms with E-state index in [-0.39, 0.29) is 18.0 Å². The number of carbonyl (C=O) groups is 1. The van der Waals surface area contributed by atoms with Gasteiger partial charge in [-0.15, -0.1) is 11.3 Å². The Hall–Kier alpha value is -2.12. The quantitative estimate of drug-likeness (QED) is 0.827. The Kier molecular flexibility index (Phi) is 5.88. The molecular weight excluding hydrogens is 338 g/mol. The summed E-state index contributed by atoms with van der Waals surface area (Å²) in [5.74, 6) is 1.04. The van der Waals surface area contributed by atoms with Gasteiger partial charge in [0.25, 0.3) is 5.91 Å². The van der Waals surface area contributed by atoms with Crippen molar-refractivity contribution >= 4 is 17.2 Å². The van der Waals surface area contributed by atoms with Crippen molar-refractivity contribution in [2.75, 3.05) is 13.7 Å². The third-order valence-electron chi connectivity index (χ3n) is 4.36. The number of hydrogen-bond donors (Lipinski definition) is 2. The van der Waals surface area contributed by atoms with Gasteiger partial charge in [0.2, 0.25) is 0 Å². The van der Waals surface area contributed by atoms with E-state index in [0.29, 0.717) is 23.7 Å². The van der Waals surface area contributed by atoms with Crippen LogP contribution in [-0.4, -0.2) is 36.6 Å². The summed E-state index contributed by atoms with van der Waals surface area (Å²) in [6.45, 7) is 3.48. The molecule has 1 aromatic heterocycles. The van der Waals surface area contributed by atoms with E-state index in [4.69, 9.17) is 9.47 Å². The molecule has 0 bridgehead atoms. The SMILES string of the molecule is COc1cc(C(=O)NC2CCCNC2C)ccc1OCc1cscn1. The van der Waals surface area contributed by atoms with Crippen LogP contribution in [0.15, 0.2) is 29.1 Å². The lowest BCUT2D eigenvalue weighted by Gasteiger charge is -2.30. The number of ether oxygens (including phenoxy) is 2. The van der Waals surface area contributed by atoms with Gasteiger partial charge >= 0.3 is 0 Å². The molecule has 0 aliphatic carbocycles. The smallest absolute Gasteiger partial charge is 0.251 e. The number of thiazole rings is 1. The number of rotatable bonds is 6. The molecule has 0 radical (unpaired) electrons. The lowest BCUT2D eigenvalue weighted by molar-refractivity contribution is 0.0919. The molecule has 1 aromatic carbocycles. The predicted octanol–water partition coefficient (Wildman–Crippen LogP) is 2.60. The van der Waals surface area contributed by atoms with E-state index < -0.39 is 0 Å². The summed E-state index contributed by atoms with van der Waals surface area (Å²) in [4.78, 5) is 16.7. The van der Waals surface area contributed by atoms with Gasteiger partial charge in [-0.2, -0.15) is 0 Å². The molecule has 7 heteroatoms. The molecule has 134 valence electrons. The first-order valence-electron chi connectivity index (χ1n) is 8.39. The maximum absolute atomic E-state index is 12.5. The number of methoxy groups -OCH3 is 1. The number of nitrogens with one attached hydrogen (secondary N) is 2. The Bertz CT molecular complexity index is 706. The zero-order chi connectivity index (χ0) is 17.6. The number of aromatic nitrogens is 1. The average molecular weight is 361 g/mol. The van der Waals surface area contributed by atoms with Crippen molar-refractivity contribution < 1.29 is 14.3 Å². The van der Waals surface area contributed by atoms with Crippen LogP contribution in [-0.2, 0) is 6.61 Å². The molecule has 25 heavy (non-hydrogen) atoms. The minimum atomic E-state index is -0.0927. The molecule has 3 rings (SSSR count). The van der Waals surface area contributed by atoms with Gasteiger partial charge in [-0.3, -0.25) is 4.79 Å². The maximum Gasteiger partial charge on any atom is 0.251 e. The van der Waals surface area contributed by atoms with E-state index in [1.807, 2.05) is 5.38 Å². The minimum Gasteiger partial charge on any atom is -0.493 e. The summed E-state index contributed by atoms with van der Waals surface area (Å²) < 4.78 is 11.1. The van der Waals surface area contributed by atoms with E-state index in [2.05, 4.69) is 22.5 Å². The Morgan fingerprint density at radius 2 is 2.32 bits per heavy atom. The third kappa shape index (κ3) is 4.49. The van der Waals surface area contributed by atoms with Crippen molar-refractivity contribution in [2.24, 2.45) is 0 Å². The van der Waals surface area contributed by atoms with Gasteiger partial charge in [0, 0.05) is 23.0 Å². The van der Waals surface area contributed by atoms with Crippen LogP contribution in [0.4, 0.5) is 0 Å². The number of carbonyl (C=O) groups excluding carboxylic acids is 1. The lowest BCUT2D eigenvalue weighted by atomic mass is 9.99. The summed E-state index contributed by atoms with van der Waals surface area (Å²) in [5.41, 5.74) is 3.20. The van der Waals surface area contributed by atoms with Crippen molar-refractivity contribution in [1.29, 1.82) is 0 Å². The van der Waals surface area contributed by atoms with E-state index >= 15 is 0 Å². The fourth-order valence-electron chi connectivity index (χ4n) is 2.88. The molecule has 1 fully saturated rings. The van der Waals surface area contributed by atoms with Crippen LogP contribution in [0.5, 0.6) is 11.5 Å². The monoisotopic (exact) mass is 361 g/mol.